The maximum Gasteiger partial charge on any atom is 0.339 e. The van der Waals surface area contributed by atoms with Gasteiger partial charge < -0.3 is 19.3 Å². The van der Waals surface area contributed by atoms with Crippen LogP contribution in [0, 0.1) is 0 Å². The number of pyridine rings is 1. The number of carbonyl (C=O) groups excluding carboxylic acids is 3. The molecule has 1 aliphatic rings. The normalized spacial score (nSPS) is 15.1. The number of carbonyl (C=O) groups is 3. The molecule has 13 heteroatoms. The molecule has 12 nitrogen and oxygen atoms in total. The van der Waals surface area contributed by atoms with Crippen LogP contribution in [-0.4, -0.2) is 46.5 Å². The summed E-state index contributed by atoms with van der Waals surface area (Å²) >= 11 is 6.01. The van der Waals surface area contributed by atoms with E-state index in [0.29, 0.717) is 22.0 Å². The van der Waals surface area contributed by atoms with E-state index in [4.69, 9.17) is 20.9 Å². The summed E-state index contributed by atoms with van der Waals surface area (Å²) in [6.45, 7) is 0.163. The van der Waals surface area contributed by atoms with Crippen LogP contribution in [0.2, 0.25) is 5.02 Å². The van der Waals surface area contributed by atoms with Crippen molar-refractivity contribution in [3.8, 4) is 11.6 Å². The van der Waals surface area contributed by atoms with Crippen molar-refractivity contribution >= 4 is 41.1 Å². The Kier molecular flexibility index (Phi) is 7.28. The molecule has 2 N–H and O–H groups in total. The van der Waals surface area contributed by atoms with Gasteiger partial charge in [-0.2, -0.15) is 4.90 Å². The Morgan fingerprint density at radius 3 is 2.49 bits per heavy atom. The fourth-order valence-electron chi connectivity index (χ4n) is 3.75. The smallest absolute Gasteiger partial charge is 0.339 e. The lowest BCUT2D eigenvalue weighted by molar-refractivity contribution is 0.0600. The highest BCUT2D eigenvalue weighted by atomic mass is 35.5. The third-order valence-electron chi connectivity index (χ3n) is 5.67. The number of nitrogens with one attached hydrogen (secondary N) is 2. The predicted molar refractivity (Wildman–Crippen MR) is 139 cm³/mol. The number of amides is 4. The van der Waals surface area contributed by atoms with Crippen molar-refractivity contribution in [2.75, 3.05) is 17.3 Å². The first kappa shape index (κ1) is 25.5. The van der Waals surface area contributed by atoms with Crippen molar-refractivity contribution in [2.24, 2.45) is 0 Å². The standard InChI is InChI=1S/C26H21ClN6O6/c1-37-23(34)17-4-11-22(28-14-17)39-20-9-7-19(8-10-20)29-24-30-25(35)33(21-12-13-38-31-21)26(36)32(24)15-16-2-5-18(27)6-3-16/h2-14,24,29H,15H2,1H3,(H,30,35). The lowest BCUT2D eigenvalue weighted by atomic mass is 10.2. The van der Waals surface area contributed by atoms with E-state index in [-0.39, 0.29) is 18.2 Å². The SMILES string of the molecule is COC(=O)c1ccc(Oc2ccc(NC3NC(=O)N(c4ccon4)C(=O)N3Cc3ccc(Cl)cc3)cc2)nc1. The van der Waals surface area contributed by atoms with Crippen molar-refractivity contribution < 1.29 is 28.4 Å². The third kappa shape index (κ3) is 5.75. The number of urea groups is 2. The van der Waals surface area contributed by atoms with E-state index in [1.807, 2.05) is 0 Å². The lowest BCUT2D eigenvalue weighted by Gasteiger charge is -2.40. The minimum atomic E-state index is -0.886. The zero-order chi connectivity index (χ0) is 27.4. The summed E-state index contributed by atoms with van der Waals surface area (Å²) < 4.78 is 15.2. The summed E-state index contributed by atoms with van der Waals surface area (Å²) in [6, 6.07) is 17.1. The number of aromatic nitrogens is 2. The Morgan fingerprint density at radius 1 is 1.08 bits per heavy atom. The molecule has 1 atom stereocenters. The Balaban J connectivity index is 1.32. The summed E-state index contributed by atoms with van der Waals surface area (Å²) in [4.78, 5) is 44.3. The number of ether oxygens (including phenoxy) is 2. The summed E-state index contributed by atoms with van der Waals surface area (Å²) in [6.07, 6.45) is 1.75. The van der Waals surface area contributed by atoms with Gasteiger partial charge in [-0.3, -0.25) is 10.2 Å². The minimum absolute atomic E-state index is 0.0618. The molecule has 1 fully saturated rings. The number of benzene rings is 2. The Morgan fingerprint density at radius 2 is 1.85 bits per heavy atom. The van der Waals surface area contributed by atoms with Crippen molar-refractivity contribution in [1.29, 1.82) is 0 Å². The van der Waals surface area contributed by atoms with E-state index in [9.17, 15) is 14.4 Å². The number of nitrogens with zero attached hydrogens (tertiary/aromatic N) is 4. The van der Waals surface area contributed by atoms with Gasteiger partial charge in [0.1, 0.15) is 12.0 Å². The number of esters is 1. The van der Waals surface area contributed by atoms with Gasteiger partial charge in [0.2, 0.25) is 5.88 Å². The summed E-state index contributed by atoms with van der Waals surface area (Å²) in [5.41, 5.74) is 1.70. The largest absolute Gasteiger partial charge is 0.465 e. The average molecular weight is 549 g/mol. The fourth-order valence-corrected chi connectivity index (χ4v) is 3.87. The zero-order valence-corrected chi connectivity index (χ0v) is 21.2. The van der Waals surface area contributed by atoms with Crippen LogP contribution in [0.25, 0.3) is 0 Å². The minimum Gasteiger partial charge on any atom is -0.465 e. The third-order valence-corrected chi connectivity index (χ3v) is 5.92. The van der Waals surface area contributed by atoms with Gasteiger partial charge in [-0.05, 0) is 48.0 Å². The number of methoxy groups -OCH3 is 1. The molecular weight excluding hydrogens is 528 g/mol. The van der Waals surface area contributed by atoms with Gasteiger partial charge in [-0.1, -0.05) is 28.9 Å². The van der Waals surface area contributed by atoms with Crippen molar-refractivity contribution in [2.45, 2.75) is 12.8 Å². The maximum absolute atomic E-state index is 13.4. The molecule has 1 aliphatic heterocycles. The maximum atomic E-state index is 13.4. The first-order chi connectivity index (χ1) is 18.9. The molecule has 1 saturated heterocycles. The molecule has 0 radical (unpaired) electrons. The number of imide groups is 1. The van der Waals surface area contributed by atoms with E-state index in [1.54, 1.807) is 60.7 Å². The summed E-state index contributed by atoms with van der Waals surface area (Å²) in [5, 5.41) is 10.2. The van der Waals surface area contributed by atoms with Crippen LogP contribution in [0.3, 0.4) is 0 Å². The molecule has 2 aromatic heterocycles. The van der Waals surface area contributed by atoms with Crippen LogP contribution >= 0.6 is 11.6 Å². The second kappa shape index (κ2) is 11.1. The number of hydrogen-bond acceptors (Lipinski definition) is 9. The highest BCUT2D eigenvalue weighted by molar-refractivity contribution is 6.30. The molecule has 3 heterocycles. The second-order valence-electron chi connectivity index (χ2n) is 8.23. The van der Waals surface area contributed by atoms with Crippen LogP contribution in [0.15, 0.2) is 83.7 Å². The molecule has 0 aliphatic carbocycles. The van der Waals surface area contributed by atoms with E-state index < -0.39 is 24.3 Å². The average Bonchev–Trinajstić information content (AvgIpc) is 3.47. The number of halogens is 1. The molecule has 39 heavy (non-hydrogen) atoms. The highest BCUT2D eigenvalue weighted by Gasteiger charge is 2.40. The van der Waals surface area contributed by atoms with E-state index in [1.165, 1.54) is 30.5 Å². The number of rotatable bonds is 8. The van der Waals surface area contributed by atoms with Gasteiger partial charge in [0.05, 0.1) is 19.2 Å². The van der Waals surface area contributed by atoms with Crippen molar-refractivity contribution in [3.05, 3.63) is 95.3 Å². The first-order valence-electron chi connectivity index (χ1n) is 11.6. The van der Waals surface area contributed by atoms with Crippen LogP contribution in [0.1, 0.15) is 15.9 Å². The molecule has 4 amide bonds. The van der Waals surface area contributed by atoms with Gasteiger partial charge in [-0.15, -0.1) is 0 Å². The van der Waals surface area contributed by atoms with Gasteiger partial charge >= 0.3 is 18.0 Å². The van der Waals surface area contributed by atoms with Crippen LogP contribution in [0.5, 0.6) is 11.6 Å². The molecule has 2 aromatic carbocycles. The molecule has 4 aromatic rings. The summed E-state index contributed by atoms with van der Waals surface area (Å²) in [5.74, 6) is 0.340. The van der Waals surface area contributed by atoms with E-state index in [2.05, 4.69) is 25.5 Å². The topological polar surface area (TPSA) is 139 Å². The van der Waals surface area contributed by atoms with Crippen LogP contribution < -0.4 is 20.3 Å². The number of hydrogen-bond donors (Lipinski definition) is 2. The Hall–Kier alpha value is -5.10. The molecular formula is C26H21ClN6O6. The highest BCUT2D eigenvalue weighted by Crippen LogP contribution is 2.25. The second-order valence-corrected chi connectivity index (χ2v) is 8.67. The Labute approximate surface area is 227 Å². The molecule has 5 rings (SSSR count). The van der Waals surface area contributed by atoms with Crippen molar-refractivity contribution in [1.82, 2.24) is 20.4 Å². The fraction of sp³-hybridized carbons (Fsp3) is 0.115. The predicted octanol–water partition coefficient (Wildman–Crippen LogP) is 4.85. The number of anilines is 2. The molecule has 0 bridgehead atoms. The van der Waals surface area contributed by atoms with Crippen LogP contribution in [-0.2, 0) is 11.3 Å². The first-order valence-corrected chi connectivity index (χ1v) is 11.9. The van der Waals surface area contributed by atoms with Crippen molar-refractivity contribution in [3.63, 3.8) is 0 Å². The quantitative estimate of drug-likeness (QED) is 0.296. The monoisotopic (exact) mass is 548 g/mol. The summed E-state index contributed by atoms with van der Waals surface area (Å²) in [7, 11) is 1.29. The van der Waals surface area contributed by atoms with Gasteiger partial charge in [0.15, 0.2) is 12.1 Å². The molecule has 1 unspecified atom stereocenters. The van der Waals surface area contributed by atoms with Crippen LogP contribution in [0.4, 0.5) is 21.1 Å². The van der Waals surface area contributed by atoms with Gasteiger partial charge in [0.25, 0.3) is 0 Å². The van der Waals surface area contributed by atoms with E-state index in [0.717, 1.165) is 10.5 Å². The Bertz CT molecular complexity index is 1460. The molecule has 0 spiro atoms. The lowest BCUT2D eigenvalue weighted by Crippen LogP contribution is -2.67. The van der Waals surface area contributed by atoms with Gasteiger partial charge in [-0.25, -0.2) is 19.4 Å². The molecule has 198 valence electrons. The molecule has 0 saturated carbocycles. The van der Waals surface area contributed by atoms with Gasteiger partial charge in [0, 0.05) is 29.0 Å². The zero-order valence-electron chi connectivity index (χ0n) is 20.4. The van der Waals surface area contributed by atoms with E-state index >= 15 is 0 Å².